The molecule has 2 nitrogen and oxygen atoms in total. The van der Waals surface area contributed by atoms with Crippen LogP contribution in [0.25, 0.3) is 0 Å². The first kappa shape index (κ1) is 13.0. The summed E-state index contributed by atoms with van der Waals surface area (Å²) in [6.07, 6.45) is 0. The van der Waals surface area contributed by atoms with Crippen LogP contribution >= 0.6 is 0 Å². The van der Waals surface area contributed by atoms with Crippen LogP contribution in [0.4, 0.5) is 5.69 Å². The molecule has 0 aliphatic carbocycles. The third kappa shape index (κ3) is 3.24. The van der Waals surface area contributed by atoms with Gasteiger partial charge in [-0.3, -0.25) is 0 Å². The number of likely N-dealkylation sites (N-methyl/N-ethyl adjacent to an activating group) is 1. The standard InChI is InChI=1S/C14H24N2/c1-10-7-12(3)13(8-11(10)2)16-9-14(4,5)15-6/h7-8,15-16H,9H2,1-6H3. The van der Waals surface area contributed by atoms with Gasteiger partial charge in [-0.15, -0.1) is 0 Å². The molecule has 0 saturated carbocycles. The fourth-order valence-electron chi connectivity index (χ4n) is 1.56. The molecule has 16 heavy (non-hydrogen) atoms. The molecule has 0 saturated heterocycles. The van der Waals surface area contributed by atoms with Gasteiger partial charge in [0.1, 0.15) is 0 Å². The number of hydrogen-bond acceptors (Lipinski definition) is 2. The minimum atomic E-state index is 0.116. The molecule has 0 unspecified atom stereocenters. The minimum absolute atomic E-state index is 0.116. The van der Waals surface area contributed by atoms with Crippen LogP contribution in [0, 0.1) is 20.8 Å². The zero-order valence-electron chi connectivity index (χ0n) is 11.4. The quantitative estimate of drug-likeness (QED) is 0.815. The average Bonchev–Trinajstić information content (AvgIpc) is 2.22. The Kier molecular flexibility index (Phi) is 3.98. The smallest absolute Gasteiger partial charge is 0.0373 e. The maximum absolute atomic E-state index is 3.51. The van der Waals surface area contributed by atoms with E-state index in [1.807, 2.05) is 7.05 Å². The summed E-state index contributed by atoms with van der Waals surface area (Å²) in [6.45, 7) is 11.8. The van der Waals surface area contributed by atoms with Gasteiger partial charge in [-0.25, -0.2) is 0 Å². The summed E-state index contributed by atoms with van der Waals surface area (Å²) in [6, 6.07) is 4.47. The number of benzene rings is 1. The van der Waals surface area contributed by atoms with Crippen molar-refractivity contribution in [2.45, 2.75) is 40.2 Å². The predicted molar refractivity (Wildman–Crippen MR) is 72.3 cm³/mol. The van der Waals surface area contributed by atoms with E-state index < -0.39 is 0 Å². The molecule has 0 heterocycles. The van der Waals surface area contributed by atoms with E-state index in [0.717, 1.165) is 6.54 Å². The van der Waals surface area contributed by atoms with Gasteiger partial charge in [-0.05, 0) is 64.4 Å². The van der Waals surface area contributed by atoms with Gasteiger partial charge in [0.25, 0.3) is 0 Å². The zero-order chi connectivity index (χ0) is 12.3. The molecule has 1 aromatic rings. The van der Waals surface area contributed by atoms with Crippen molar-refractivity contribution in [1.29, 1.82) is 0 Å². The van der Waals surface area contributed by atoms with Crippen molar-refractivity contribution in [3.63, 3.8) is 0 Å². The molecule has 0 radical (unpaired) electrons. The highest BCUT2D eigenvalue weighted by atomic mass is 15.0. The minimum Gasteiger partial charge on any atom is -0.383 e. The first-order valence-corrected chi connectivity index (χ1v) is 5.86. The lowest BCUT2D eigenvalue weighted by Gasteiger charge is -2.25. The van der Waals surface area contributed by atoms with Gasteiger partial charge in [0.05, 0.1) is 0 Å². The molecule has 0 aliphatic rings. The zero-order valence-corrected chi connectivity index (χ0v) is 11.4. The lowest BCUT2D eigenvalue weighted by atomic mass is 10.0. The molecule has 0 aliphatic heterocycles. The van der Waals surface area contributed by atoms with Crippen molar-refractivity contribution in [2.75, 3.05) is 18.9 Å². The van der Waals surface area contributed by atoms with Crippen LogP contribution in [-0.4, -0.2) is 19.1 Å². The van der Waals surface area contributed by atoms with Crippen molar-refractivity contribution in [1.82, 2.24) is 5.32 Å². The molecule has 1 aromatic carbocycles. The number of aryl methyl sites for hydroxylation is 3. The van der Waals surface area contributed by atoms with Gasteiger partial charge in [-0.2, -0.15) is 0 Å². The van der Waals surface area contributed by atoms with E-state index in [1.54, 1.807) is 0 Å². The molecule has 0 spiro atoms. The summed E-state index contributed by atoms with van der Waals surface area (Å²) in [4.78, 5) is 0. The molecule has 0 aromatic heterocycles. The number of anilines is 1. The number of nitrogens with one attached hydrogen (secondary N) is 2. The Balaban J connectivity index is 2.79. The van der Waals surface area contributed by atoms with Crippen molar-refractivity contribution in [3.05, 3.63) is 28.8 Å². The summed E-state index contributed by atoms with van der Waals surface area (Å²) in [5.74, 6) is 0. The summed E-state index contributed by atoms with van der Waals surface area (Å²) < 4.78 is 0. The third-order valence-corrected chi connectivity index (χ3v) is 3.24. The highest BCUT2D eigenvalue weighted by Gasteiger charge is 2.14. The molecule has 90 valence electrons. The second-order valence-electron chi connectivity index (χ2n) is 5.24. The Morgan fingerprint density at radius 2 is 1.56 bits per heavy atom. The van der Waals surface area contributed by atoms with Crippen LogP contribution < -0.4 is 10.6 Å². The molecule has 0 fully saturated rings. The highest BCUT2D eigenvalue weighted by molar-refractivity contribution is 5.54. The van der Waals surface area contributed by atoms with Crippen LogP contribution in [-0.2, 0) is 0 Å². The van der Waals surface area contributed by atoms with Gasteiger partial charge >= 0.3 is 0 Å². The summed E-state index contributed by atoms with van der Waals surface area (Å²) in [7, 11) is 1.99. The second kappa shape index (κ2) is 4.88. The predicted octanol–water partition coefficient (Wildman–Crippen LogP) is 3.02. The Bertz CT molecular complexity index is 367. The van der Waals surface area contributed by atoms with E-state index in [4.69, 9.17) is 0 Å². The Labute approximate surface area is 99.5 Å². The van der Waals surface area contributed by atoms with Crippen molar-refractivity contribution in [2.24, 2.45) is 0 Å². The van der Waals surface area contributed by atoms with E-state index >= 15 is 0 Å². The molecule has 0 atom stereocenters. The Morgan fingerprint density at radius 1 is 1.00 bits per heavy atom. The monoisotopic (exact) mass is 220 g/mol. The van der Waals surface area contributed by atoms with Gasteiger partial charge in [0, 0.05) is 17.8 Å². The molecular weight excluding hydrogens is 196 g/mol. The topological polar surface area (TPSA) is 24.1 Å². The summed E-state index contributed by atoms with van der Waals surface area (Å²) >= 11 is 0. The van der Waals surface area contributed by atoms with Gasteiger partial charge < -0.3 is 10.6 Å². The van der Waals surface area contributed by atoms with Gasteiger partial charge in [0.2, 0.25) is 0 Å². The fraction of sp³-hybridized carbons (Fsp3) is 0.571. The lowest BCUT2D eigenvalue weighted by Crippen LogP contribution is -2.42. The number of rotatable bonds is 4. The van der Waals surface area contributed by atoms with E-state index in [2.05, 4.69) is 57.4 Å². The molecule has 1 rings (SSSR count). The SMILES string of the molecule is CNC(C)(C)CNc1cc(C)c(C)cc1C. The molecule has 0 bridgehead atoms. The van der Waals surface area contributed by atoms with Crippen LogP contribution in [0.5, 0.6) is 0 Å². The van der Waals surface area contributed by atoms with Crippen LogP contribution in [0.2, 0.25) is 0 Å². The molecule has 0 amide bonds. The Morgan fingerprint density at radius 3 is 2.12 bits per heavy atom. The van der Waals surface area contributed by atoms with Crippen molar-refractivity contribution in [3.8, 4) is 0 Å². The van der Waals surface area contributed by atoms with E-state index in [9.17, 15) is 0 Å². The van der Waals surface area contributed by atoms with E-state index in [1.165, 1.54) is 22.4 Å². The molecular formula is C14H24N2. The van der Waals surface area contributed by atoms with E-state index in [0.29, 0.717) is 0 Å². The maximum Gasteiger partial charge on any atom is 0.0373 e. The van der Waals surface area contributed by atoms with Gasteiger partial charge in [0.15, 0.2) is 0 Å². The molecule has 2 heteroatoms. The number of hydrogen-bond donors (Lipinski definition) is 2. The van der Waals surface area contributed by atoms with Crippen LogP contribution in [0.1, 0.15) is 30.5 Å². The van der Waals surface area contributed by atoms with E-state index in [-0.39, 0.29) is 5.54 Å². The van der Waals surface area contributed by atoms with Crippen LogP contribution in [0.3, 0.4) is 0 Å². The Hall–Kier alpha value is -1.02. The highest BCUT2D eigenvalue weighted by Crippen LogP contribution is 2.20. The second-order valence-corrected chi connectivity index (χ2v) is 5.24. The largest absolute Gasteiger partial charge is 0.383 e. The van der Waals surface area contributed by atoms with Gasteiger partial charge in [-0.1, -0.05) is 6.07 Å². The maximum atomic E-state index is 3.51. The average molecular weight is 220 g/mol. The fourth-order valence-corrected chi connectivity index (χ4v) is 1.56. The lowest BCUT2D eigenvalue weighted by molar-refractivity contribution is 0.448. The van der Waals surface area contributed by atoms with Crippen molar-refractivity contribution < 1.29 is 0 Å². The van der Waals surface area contributed by atoms with Crippen LogP contribution in [0.15, 0.2) is 12.1 Å². The van der Waals surface area contributed by atoms with Crippen molar-refractivity contribution >= 4 is 5.69 Å². The summed E-state index contributed by atoms with van der Waals surface area (Å²) in [5, 5.41) is 6.80. The third-order valence-electron chi connectivity index (χ3n) is 3.24. The summed E-state index contributed by atoms with van der Waals surface area (Å²) in [5.41, 5.74) is 5.37. The normalized spacial score (nSPS) is 11.6. The first-order chi connectivity index (χ1) is 7.35. The first-order valence-electron chi connectivity index (χ1n) is 5.86. The molecule has 2 N–H and O–H groups in total.